The first-order valence-electron chi connectivity index (χ1n) is 13.9. The maximum atomic E-state index is 8.58. The Balaban J connectivity index is 1.23. The van der Waals surface area contributed by atoms with Gasteiger partial charge in [-0.25, -0.2) is 0 Å². The number of unbranched alkanes of at least 4 members (excludes halogenated alkanes) is 2. The van der Waals surface area contributed by atoms with Crippen molar-refractivity contribution in [2.75, 3.05) is 0 Å². The fourth-order valence-electron chi connectivity index (χ4n) is 6.26. The molecular weight excluding hydrogens is 386 g/mol. The maximum absolute atomic E-state index is 8.58. The molecule has 176 valence electrons. The van der Waals surface area contributed by atoms with Crippen LogP contribution < -0.4 is 0 Å². The Labute approximate surface area is 198 Å². The van der Waals surface area contributed by atoms with Crippen molar-refractivity contribution >= 4 is 0 Å². The van der Waals surface area contributed by atoms with Crippen LogP contribution in [0.4, 0.5) is 0 Å². The second-order valence-corrected chi connectivity index (χ2v) is 10.8. The van der Waals surface area contributed by atoms with Crippen LogP contribution in [0.3, 0.4) is 0 Å². The molecule has 32 heavy (non-hydrogen) atoms. The van der Waals surface area contributed by atoms with Gasteiger partial charge in [0, 0.05) is 6.08 Å². The molecule has 0 heterocycles. The molecule has 1 nitrogen and oxygen atoms in total. The van der Waals surface area contributed by atoms with E-state index < -0.39 is 0 Å². The van der Waals surface area contributed by atoms with E-state index in [9.17, 15) is 0 Å². The fourth-order valence-corrected chi connectivity index (χ4v) is 6.26. The van der Waals surface area contributed by atoms with E-state index in [0.29, 0.717) is 0 Å². The van der Waals surface area contributed by atoms with Gasteiger partial charge >= 0.3 is 0 Å². The van der Waals surface area contributed by atoms with E-state index in [2.05, 4.69) is 37.3 Å². The predicted octanol–water partition coefficient (Wildman–Crippen LogP) is 9.53. The van der Waals surface area contributed by atoms with E-state index in [1.54, 1.807) is 11.6 Å². The predicted molar refractivity (Wildman–Crippen MR) is 138 cm³/mol. The minimum Gasteiger partial charge on any atom is -0.193 e. The van der Waals surface area contributed by atoms with Gasteiger partial charge in [0.25, 0.3) is 0 Å². The SMILES string of the molecule is CCCCc1ccc(C2CCC(CCCCC3CCC(CCC=CC#N)CC3)CC2)cc1. The van der Waals surface area contributed by atoms with Crippen molar-refractivity contribution in [3.05, 3.63) is 47.5 Å². The molecule has 1 aromatic rings. The Bertz CT molecular complexity index is 678. The smallest absolute Gasteiger partial charge is 0.0908 e. The summed E-state index contributed by atoms with van der Waals surface area (Å²) in [5.74, 6) is 3.72. The number of aryl methyl sites for hydroxylation is 1. The first-order valence-corrected chi connectivity index (χ1v) is 13.9. The molecule has 0 radical (unpaired) electrons. The monoisotopic (exact) mass is 433 g/mol. The van der Waals surface area contributed by atoms with E-state index in [0.717, 1.165) is 30.1 Å². The molecule has 2 aliphatic carbocycles. The number of benzene rings is 1. The summed E-state index contributed by atoms with van der Waals surface area (Å²) in [5, 5.41) is 8.58. The zero-order chi connectivity index (χ0) is 22.4. The molecule has 0 N–H and O–H groups in total. The van der Waals surface area contributed by atoms with Gasteiger partial charge in [-0.05, 0) is 86.2 Å². The third-order valence-electron chi connectivity index (χ3n) is 8.49. The molecule has 2 fully saturated rings. The number of rotatable bonds is 12. The summed E-state index contributed by atoms with van der Waals surface area (Å²) < 4.78 is 0. The molecule has 0 atom stereocenters. The highest BCUT2D eigenvalue weighted by molar-refractivity contribution is 5.26. The van der Waals surface area contributed by atoms with Crippen LogP contribution >= 0.6 is 0 Å². The van der Waals surface area contributed by atoms with E-state index in [-0.39, 0.29) is 0 Å². The third-order valence-corrected chi connectivity index (χ3v) is 8.49. The van der Waals surface area contributed by atoms with E-state index in [1.807, 2.05) is 6.08 Å². The minimum atomic E-state index is 0.817. The molecule has 1 aromatic carbocycles. The van der Waals surface area contributed by atoms with Crippen molar-refractivity contribution in [3.8, 4) is 6.07 Å². The molecule has 0 aliphatic heterocycles. The Kier molecular flexibility index (Phi) is 11.4. The van der Waals surface area contributed by atoms with Gasteiger partial charge in [0.2, 0.25) is 0 Å². The van der Waals surface area contributed by atoms with Gasteiger partial charge in [0.05, 0.1) is 6.07 Å². The van der Waals surface area contributed by atoms with Crippen molar-refractivity contribution in [2.24, 2.45) is 17.8 Å². The van der Waals surface area contributed by atoms with Crippen LogP contribution in [0.25, 0.3) is 0 Å². The Morgan fingerprint density at radius 3 is 1.91 bits per heavy atom. The first-order chi connectivity index (χ1) is 15.8. The van der Waals surface area contributed by atoms with Crippen LogP contribution in [0.1, 0.15) is 127 Å². The van der Waals surface area contributed by atoms with Crippen LogP contribution in [-0.2, 0) is 6.42 Å². The van der Waals surface area contributed by atoms with Crippen LogP contribution in [0.5, 0.6) is 0 Å². The van der Waals surface area contributed by atoms with Gasteiger partial charge in [-0.2, -0.15) is 5.26 Å². The molecule has 2 saturated carbocycles. The highest BCUT2D eigenvalue weighted by Crippen LogP contribution is 2.39. The van der Waals surface area contributed by atoms with Gasteiger partial charge in [-0.1, -0.05) is 95.1 Å². The molecule has 2 aliphatic rings. The maximum Gasteiger partial charge on any atom is 0.0908 e. The molecule has 0 bridgehead atoms. The molecule has 3 rings (SSSR count). The van der Waals surface area contributed by atoms with Gasteiger partial charge in [0.1, 0.15) is 0 Å². The summed E-state index contributed by atoms with van der Waals surface area (Å²) in [4.78, 5) is 0. The van der Waals surface area contributed by atoms with Crippen molar-refractivity contribution in [3.63, 3.8) is 0 Å². The minimum absolute atomic E-state index is 0.817. The molecule has 0 amide bonds. The lowest BCUT2D eigenvalue weighted by atomic mass is 9.76. The van der Waals surface area contributed by atoms with E-state index in [1.165, 1.54) is 108 Å². The molecule has 1 heteroatoms. The normalized spacial score (nSPS) is 26.2. The third kappa shape index (κ3) is 8.77. The highest BCUT2D eigenvalue weighted by atomic mass is 14.3. The molecule has 0 saturated heterocycles. The van der Waals surface area contributed by atoms with E-state index in [4.69, 9.17) is 5.26 Å². The summed E-state index contributed by atoms with van der Waals surface area (Å²) in [6.07, 6.45) is 27.3. The van der Waals surface area contributed by atoms with Crippen molar-refractivity contribution in [1.29, 1.82) is 5.26 Å². The van der Waals surface area contributed by atoms with Crippen LogP contribution in [-0.4, -0.2) is 0 Å². The second kappa shape index (κ2) is 14.6. The number of allylic oxidation sites excluding steroid dienone is 2. The molecule has 0 aromatic heterocycles. The lowest BCUT2D eigenvalue weighted by Crippen LogP contribution is -2.15. The average Bonchev–Trinajstić information content (AvgIpc) is 2.85. The average molecular weight is 434 g/mol. The number of hydrogen-bond donors (Lipinski definition) is 0. The highest BCUT2D eigenvalue weighted by Gasteiger charge is 2.23. The van der Waals surface area contributed by atoms with Crippen LogP contribution in [0.2, 0.25) is 0 Å². The quantitative estimate of drug-likeness (QED) is 0.238. The summed E-state index contributed by atoms with van der Waals surface area (Å²) in [5.41, 5.74) is 3.12. The second-order valence-electron chi connectivity index (χ2n) is 10.8. The topological polar surface area (TPSA) is 23.8 Å². The number of hydrogen-bond acceptors (Lipinski definition) is 1. The standard InChI is InChI=1S/C31H47N/c1-2-3-9-26-17-21-30(22-18-26)31-23-19-29(20-24-31)12-7-6-11-28-15-13-27(14-16-28)10-5-4-8-25-32/h4,8,17-18,21-22,27-29,31H,2-3,5-7,9-16,19-20,23-24H2,1H3. The largest absolute Gasteiger partial charge is 0.193 e. The lowest BCUT2D eigenvalue weighted by molar-refractivity contribution is 0.244. The van der Waals surface area contributed by atoms with Crippen molar-refractivity contribution < 1.29 is 0 Å². The summed E-state index contributed by atoms with van der Waals surface area (Å²) in [7, 11) is 0. The van der Waals surface area contributed by atoms with Crippen LogP contribution in [0.15, 0.2) is 36.4 Å². The lowest BCUT2D eigenvalue weighted by Gasteiger charge is -2.30. The Hall–Kier alpha value is -1.55. The number of nitriles is 1. The van der Waals surface area contributed by atoms with Crippen LogP contribution in [0, 0.1) is 29.1 Å². The summed E-state index contributed by atoms with van der Waals surface area (Å²) >= 11 is 0. The summed E-state index contributed by atoms with van der Waals surface area (Å²) in [6.45, 7) is 2.28. The number of nitrogens with zero attached hydrogens (tertiary/aromatic N) is 1. The fraction of sp³-hybridized carbons (Fsp3) is 0.710. The Morgan fingerprint density at radius 2 is 1.34 bits per heavy atom. The van der Waals surface area contributed by atoms with Crippen molar-refractivity contribution in [2.45, 2.75) is 122 Å². The van der Waals surface area contributed by atoms with Gasteiger partial charge in [-0.3, -0.25) is 0 Å². The van der Waals surface area contributed by atoms with Gasteiger partial charge in [-0.15, -0.1) is 0 Å². The molecular formula is C31H47N. The van der Waals surface area contributed by atoms with Gasteiger partial charge < -0.3 is 0 Å². The zero-order valence-electron chi connectivity index (χ0n) is 20.7. The molecule has 0 unspecified atom stereocenters. The Morgan fingerprint density at radius 1 is 0.781 bits per heavy atom. The molecule has 0 spiro atoms. The van der Waals surface area contributed by atoms with E-state index >= 15 is 0 Å². The van der Waals surface area contributed by atoms with Crippen molar-refractivity contribution in [1.82, 2.24) is 0 Å². The summed E-state index contributed by atoms with van der Waals surface area (Å²) in [6, 6.07) is 11.7. The zero-order valence-corrected chi connectivity index (χ0v) is 20.7. The van der Waals surface area contributed by atoms with Gasteiger partial charge in [0.15, 0.2) is 0 Å². The first kappa shape index (κ1) is 25.1.